The molecule has 0 spiro atoms. The van der Waals surface area contributed by atoms with Crippen molar-refractivity contribution in [2.45, 2.75) is 6.92 Å². The third-order valence-corrected chi connectivity index (χ3v) is 3.57. The van der Waals surface area contributed by atoms with Gasteiger partial charge < -0.3 is 4.74 Å². The molecule has 0 aliphatic rings. The lowest BCUT2D eigenvalue weighted by Gasteiger charge is -2.13. The van der Waals surface area contributed by atoms with E-state index in [9.17, 15) is 27.2 Å². The molecule has 1 aromatic heterocycles. The molecule has 0 atom stereocenters. The number of esters is 1. The molecule has 0 fully saturated rings. The van der Waals surface area contributed by atoms with Gasteiger partial charge in [0.15, 0.2) is 23.3 Å². The van der Waals surface area contributed by atoms with Gasteiger partial charge in [-0.15, -0.1) is 0 Å². The molecule has 0 saturated carbocycles. The van der Waals surface area contributed by atoms with Gasteiger partial charge in [-0.2, -0.15) is 5.10 Å². The van der Waals surface area contributed by atoms with E-state index in [0.29, 0.717) is 4.68 Å². The lowest BCUT2D eigenvalue weighted by molar-refractivity contribution is 0.0516. The first-order chi connectivity index (χ1) is 12.4. The Morgan fingerprint density at radius 1 is 1.04 bits per heavy atom. The van der Waals surface area contributed by atoms with Crippen molar-refractivity contribution in [3.63, 3.8) is 0 Å². The van der Waals surface area contributed by atoms with Gasteiger partial charge in [0.25, 0.3) is 0 Å². The molecule has 3 rings (SSSR count). The van der Waals surface area contributed by atoms with E-state index in [-0.39, 0.29) is 12.3 Å². The van der Waals surface area contributed by atoms with Gasteiger partial charge in [0.05, 0.1) is 17.7 Å². The van der Waals surface area contributed by atoms with Crippen LogP contribution in [0, 0.1) is 23.3 Å². The Labute approximate surface area is 143 Å². The van der Waals surface area contributed by atoms with Crippen LogP contribution >= 0.6 is 0 Å². The Hall–Kier alpha value is -3.23. The second-order valence-electron chi connectivity index (χ2n) is 5.13. The van der Waals surface area contributed by atoms with E-state index in [4.69, 9.17) is 0 Å². The average molecular weight is 366 g/mol. The van der Waals surface area contributed by atoms with E-state index in [1.54, 1.807) is 6.07 Å². The fourth-order valence-electron chi connectivity index (χ4n) is 2.43. The highest BCUT2D eigenvalue weighted by Gasteiger charge is 2.29. The lowest BCUT2D eigenvalue weighted by Crippen LogP contribution is -2.26. The van der Waals surface area contributed by atoms with Gasteiger partial charge >= 0.3 is 5.97 Å². The molecular formula is C17H10F4N2O3. The highest BCUT2D eigenvalue weighted by molar-refractivity contribution is 5.92. The fraction of sp³-hybridized carbons (Fsp3) is 0.118. The molecule has 0 radical (unpaired) electrons. The van der Waals surface area contributed by atoms with Crippen molar-refractivity contribution in [1.82, 2.24) is 9.78 Å². The summed E-state index contributed by atoms with van der Waals surface area (Å²) in [7, 11) is 0. The SMILES string of the molecule is CCOC(=O)c1nn(-c2ccccc2)c2c(F)c(F)c(F)c(F)c2c1=O. The number of benzene rings is 2. The van der Waals surface area contributed by atoms with Crippen molar-refractivity contribution in [2.75, 3.05) is 6.61 Å². The van der Waals surface area contributed by atoms with E-state index in [0.717, 1.165) is 0 Å². The minimum Gasteiger partial charge on any atom is -0.461 e. The molecule has 0 unspecified atom stereocenters. The minimum absolute atomic E-state index is 0.0901. The Bertz CT molecular complexity index is 1080. The van der Waals surface area contributed by atoms with Gasteiger partial charge in [0, 0.05) is 0 Å². The molecule has 9 heteroatoms. The molecule has 134 valence electrons. The molecule has 0 amide bonds. The van der Waals surface area contributed by atoms with E-state index in [1.807, 2.05) is 0 Å². The predicted molar refractivity (Wildman–Crippen MR) is 83.1 cm³/mol. The number of aromatic nitrogens is 2. The van der Waals surface area contributed by atoms with Crippen molar-refractivity contribution in [3.8, 4) is 5.69 Å². The second-order valence-corrected chi connectivity index (χ2v) is 5.13. The summed E-state index contributed by atoms with van der Waals surface area (Å²) in [6.45, 7) is 1.35. The number of hydrogen-bond donors (Lipinski definition) is 0. The number of rotatable bonds is 3. The van der Waals surface area contributed by atoms with Crippen molar-refractivity contribution in [2.24, 2.45) is 0 Å². The topological polar surface area (TPSA) is 61.2 Å². The van der Waals surface area contributed by atoms with E-state index >= 15 is 0 Å². The number of ether oxygens (including phenoxy) is 1. The maximum Gasteiger partial charge on any atom is 0.362 e. The molecule has 0 bridgehead atoms. The van der Waals surface area contributed by atoms with E-state index in [1.165, 1.54) is 31.2 Å². The van der Waals surface area contributed by atoms with Crippen molar-refractivity contribution >= 4 is 16.9 Å². The van der Waals surface area contributed by atoms with Crippen molar-refractivity contribution in [1.29, 1.82) is 0 Å². The normalized spacial score (nSPS) is 11.0. The molecule has 2 aromatic carbocycles. The zero-order chi connectivity index (χ0) is 19.0. The molecule has 3 aromatic rings. The van der Waals surface area contributed by atoms with Gasteiger partial charge in [-0.1, -0.05) is 18.2 Å². The number of hydrogen-bond acceptors (Lipinski definition) is 4. The first-order valence-corrected chi connectivity index (χ1v) is 7.40. The average Bonchev–Trinajstić information content (AvgIpc) is 2.65. The van der Waals surface area contributed by atoms with Crippen LogP contribution in [0.1, 0.15) is 17.4 Å². The van der Waals surface area contributed by atoms with Crippen LogP contribution in [-0.4, -0.2) is 22.4 Å². The number of fused-ring (bicyclic) bond motifs is 1. The number of halogens is 4. The van der Waals surface area contributed by atoms with Gasteiger partial charge in [0.1, 0.15) is 5.52 Å². The smallest absolute Gasteiger partial charge is 0.362 e. The van der Waals surface area contributed by atoms with Gasteiger partial charge in [-0.3, -0.25) is 4.79 Å². The van der Waals surface area contributed by atoms with Crippen LogP contribution < -0.4 is 5.43 Å². The summed E-state index contributed by atoms with van der Waals surface area (Å²) in [6, 6.07) is 7.42. The Kier molecular flexibility index (Phi) is 4.45. The largest absolute Gasteiger partial charge is 0.461 e. The summed E-state index contributed by atoms with van der Waals surface area (Å²) >= 11 is 0. The maximum absolute atomic E-state index is 14.3. The lowest BCUT2D eigenvalue weighted by atomic mass is 10.1. The molecule has 1 heterocycles. The minimum atomic E-state index is -2.16. The summed E-state index contributed by atoms with van der Waals surface area (Å²) in [6.07, 6.45) is 0. The maximum atomic E-state index is 14.3. The summed E-state index contributed by atoms with van der Waals surface area (Å²) in [5, 5.41) is 2.56. The van der Waals surface area contributed by atoms with Crippen molar-refractivity contribution in [3.05, 3.63) is 69.5 Å². The van der Waals surface area contributed by atoms with Crippen LogP contribution in [0.5, 0.6) is 0 Å². The highest BCUT2D eigenvalue weighted by atomic mass is 19.2. The number of nitrogens with zero attached hydrogens (tertiary/aromatic N) is 2. The van der Waals surface area contributed by atoms with Crippen molar-refractivity contribution < 1.29 is 27.1 Å². The molecule has 5 nitrogen and oxygen atoms in total. The zero-order valence-corrected chi connectivity index (χ0v) is 13.2. The molecule has 0 aliphatic carbocycles. The molecular weight excluding hydrogens is 356 g/mol. The molecule has 0 N–H and O–H groups in total. The van der Waals surface area contributed by atoms with Gasteiger partial charge in [-0.05, 0) is 19.1 Å². The van der Waals surface area contributed by atoms with Crippen LogP contribution in [0.2, 0.25) is 0 Å². The third kappa shape index (κ3) is 2.61. The van der Waals surface area contributed by atoms with E-state index < -0.39 is 51.3 Å². The Morgan fingerprint density at radius 2 is 1.65 bits per heavy atom. The van der Waals surface area contributed by atoms with Crippen LogP contribution in [0.25, 0.3) is 16.6 Å². The number of para-hydroxylation sites is 1. The first kappa shape index (κ1) is 17.6. The standard InChI is InChI=1S/C17H10F4N2O3/c1-2-26-17(25)14-16(24)9-10(18)11(19)12(20)13(21)15(9)23(22-14)8-6-4-3-5-7-8/h3-7H,2H2,1H3. The number of carbonyl (C=O) groups is 1. The summed E-state index contributed by atoms with van der Waals surface area (Å²) in [5.74, 6) is -9.17. The molecule has 0 saturated heterocycles. The van der Waals surface area contributed by atoms with Crippen LogP contribution in [0.15, 0.2) is 35.1 Å². The molecule has 26 heavy (non-hydrogen) atoms. The second kappa shape index (κ2) is 6.58. The number of carbonyl (C=O) groups excluding carboxylic acids is 1. The predicted octanol–water partition coefficient (Wildman–Crippen LogP) is 3.12. The van der Waals surface area contributed by atoms with Crippen LogP contribution in [0.4, 0.5) is 17.6 Å². The third-order valence-electron chi connectivity index (χ3n) is 3.57. The zero-order valence-electron chi connectivity index (χ0n) is 13.2. The van der Waals surface area contributed by atoms with E-state index in [2.05, 4.69) is 9.84 Å². The Balaban J connectivity index is 2.54. The summed E-state index contributed by atoms with van der Waals surface area (Å²) < 4.78 is 61.3. The summed E-state index contributed by atoms with van der Waals surface area (Å²) in [4.78, 5) is 24.4. The summed E-state index contributed by atoms with van der Waals surface area (Å²) in [5.41, 5.74) is -3.12. The van der Waals surface area contributed by atoms with Crippen LogP contribution in [-0.2, 0) is 4.74 Å². The van der Waals surface area contributed by atoms with Gasteiger partial charge in [0.2, 0.25) is 11.1 Å². The highest BCUT2D eigenvalue weighted by Crippen LogP contribution is 2.26. The van der Waals surface area contributed by atoms with Gasteiger partial charge in [-0.25, -0.2) is 27.0 Å². The fourth-order valence-corrected chi connectivity index (χ4v) is 2.43. The monoisotopic (exact) mass is 366 g/mol. The Morgan fingerprint density at radius 3 is 2.27 bits per heavy atom. The first-order valence-electron chi connectivity index (χ1n) is 7.40. The quantitative estimate of drug-likeness (QED) is 0.309. The van der Waals surface area contributed by atoms with Crippen LogP contribution in [0.3, 0.4) is 0 Å². The molecule has 0 aliphatic heterocycles.